The number of hydrogen-bond acceptors (Lipinski definition) is 2. The van der Waals surface area contributed by atoms with Crippen LogP contribution in [-0.4, -0.2) is 24.1 Å². The minimum Gasteiger partial charge on any atom is -0.272 e. The molecule has 0 aromatic heterocycles. The van der Waals surface area contributed by atoms with Gasteiger partial charge in [0.15, 0.2) is 0 Å². The van der Waals surface area contributed by atoms with E-state index in [1.807, 2.05) is 0 Å². The third-order valence-electron chi connectivity index (χ3n) is 2.56. The fraction of sp³-hybridized carbons (Fsp3) is 0.909. The lowest BCUT2D eigenvalue weighted by Gasteiger charge is -2.13. The minimum atomic E-state index is 0.151. The monoisotopic (exact) mass is 199 g/mol. The van der Waals surface area contributed by atoms with Gasteiger partial charge in [-0.25, -0.2) is 5.06 Å². The Hall–Kier alpha value is -0.570. The van der Waals surface area contributed by atoms with Gasteiger partial charge < -0.3 is 0 Å². The van der Waals surface area contributed by atoms with Crippen molar-refractivity contribution in [1.82, 2.24) is 5.06 Å². The predicted molar refractivity (Wildman–Crippen MR) is 55.7 cm³/mol. The molecule has 1 heterocycles. The molecule has 0 saturated carbocycles. The van der Waals surface area contributed by atoms with Gasteiger partial charge in [-0.1, -0.05) is 39.0 Å². The highest BCUT2D eigenvalue weighted by Crippen LogP contribution is 2.10. The van der Waals surface area contributed by atoms with E-state index in [-0.39, 0.29) is 5.91 Å². The van der Waals surface area contributed by atoms with Gasteiger partial charge in [-0.15, -0.1) is 0 Å². The van der Waals surface area contributed by atoms with Crippen LogP contribution in [0.2, 0.25) is 0 Å². The Balaban J connectivity index is 1.90. The average molecular weight is 199 g/mol. The van der Waals surface area contributed by atoms with E-state index in [0.29, 0.717) is 13.0 Å². The molecule has 82 valence electrons. The molecule has 1 rings (SSSR count). The van der Waals surface area contributed by atoms with E-state index >= 15 is 0 Å². The highest BCUT2D eigenvalue weighted by molar-refractivity contribution is 5.76. The quantitative estimate of drug-likeness (QED) is 0.590. The van der Waals surface area contributed by atoms with Gasteiger partial charge in [-0.2, -0.15) is 0 Å². The first kappa shape index (κ1) is 11.5. The molecule has 1 amide bonds. The molecule has 0 spiro atoms. The van der Waals surface area contributed by atoms with Crippen LogP contribution >= 0.6 is 0 Å². The maximum Gasteiger partial charge on any atom is 0.248 e. The van der Waals surface area contributed by atoms with Crippen LogP contribution in [-0.2, 0) is 9.63 Å². The summed E-state index contributed by atoms with van der Waals surface area (Å²) in [6.07, 6.45) is 8.09. The topological polar surface area (TPSA) is 29.5 Å². The number of carbonyl (C=O) groups excluding carboxylic acids is 1. The Morgan fingerprint density at radius 2 is 1.93 bits per heavy atom. The van der Waals surface area contributed by atoms with Gasteiger partial charge in [0.2, 0.25) is 5.91 Å². The van der Waals surface area contributed by atoms with E-state index in [1.54, 1.807) is 0 Å². The van der Waals surface area contributed by atoms with Crippen molar-refractivity contribution in [3.05, 3.63) is 0 Å². The van der Waals surface area contributed by atoms with E-state index in [1.165, 1.54) is 37.2 Å². The smallest absolute Gasteiger partial charge is 0.248 e. The maximum absolute atomic E-state index is 11.1. The third kappa shape index (κ3) is 4.09. The van der Waals surface area contributed by atoms with Gasteiger partial charge in [0.1, 0.15) is 0 Å². The Bertz CT molecular complexity index is 171. The Kier molecular flexibility index (Phi) is 5.60. The lowest BCUT2D eigenvalue weighted by molar-refractivity contribution is -0.161. The number of amides is 1. The summed E-state index contributed by atoms with van der Waals surface area (Å²) in [4.78, 5) is 16.3. The zero-order chi connectivity index (χ0) is 10.2. The van der Waals surface area contributed by atoms with E-state index < -0.39 is 0 Å². The molecule has 0 N–H and O–H groups in total. The second-order valence-corrected chi connectivity index (χ2v) is 3.85. The van der Waals surface area contributed by atoms with E-state index in [4.69, 9.17) is 4.84 Å². The summed E-state index contributed by atoms with van der Waals surface area (Å²) in [5.41, 5.74) is 0. The summed E-state index contributed by atoms with van der Waals surface area (Å²) in [6.45, 7) is 3.58. The van der Waals surface area contributed by atoms with Crippen molar-refractivity contribution < 1.29 is 9.63 Å². The summed E-state index contributed by atoms with van der Waals surface area (Å²) in [5, 5.41) is 1.53. The molecule has 0 bridgehead atoms. The number of rotatable bonds is 7. The molecule has 0 atom stereocenters. The van der Waals surface area contributed by atoms with Crippen LogP contribution in [0.5, 0.6) is 0 Å². The first-order chi connectivity index (χ1) is 6.84. The highest BCUT2D eigenvalue weighted by atomic mass is 16.7. The second-order valence-electron chi connectivity index (χ2n) is 3.85. The fourth-order valence-electron chi connectivity index (χ4n) is 1.66. The molecule has 1 saturated heterocycles. The molecule has 1 aliphatic rings. The van der Waals surface area contributed by atoms with Crippen LogP contribution in [0.4, 0.5) is 0 Å². The number of carbonyl (C=O) groups is 1. The number of unbranched alkanes of at least 4 members (excludes halogenated alkanes) is 5. The summed E-state index contributed by atoms with van der Waals surface area (Å²) in [5.74, 6) is 0.151. The maximum atomic E-state index is 11.1. The molecule has 3 heteroatoms. The van der Waals surface area contributed by atoms with Crippen molar-refractivity contribution >= 4 is 5.91 Å². The van der Waals surface area contributed by atoms with Crippen LogP contribution < -0.4 is 0 Å². The molecule has 0 aromatic carbocycles. The third-order valence-corrected chi connectivity index (χ3v) is 2.56. The van der Waals surface area contributed by atoms with Crippen molar-refractivity contribution in [3.8, 4) is 0 Å². The zero-order valence-corrected chi connectivity index (χ0v) is 9.13. The van der Waals surface area contributed by atoms with Crippen LogP contribution in [0.25, 0.3) is 0 Å². The molecule has 3 nitrogen and oxygen atoms in total. The van der Waals surface area contributed by atoms with Crippen molar-refractivity contribution in [2.45, 2.75) is 51.9 Å². The Morgan fingerprint density at radius 3 is 2.57 bits per heavy atom. The van der Waals surface area contributed by atoms with E-state index in [9.17, 15) is 4.79 Å². The molecular formula is C11H21NO2. The van der Waals surface area contributed by atoms with Crippen molar-refractivity contribution in [2.24, 2.45) is 0 Å². The molecule has 0 radical (unpaired) electrons. The van der Waals surface area contributed by atoms with Crippen LogP contribution in [0.1, 0.15) is 51.9 Å². The molecule has 0 aromatic rings. The molecular weight excluding hydrogens is 178 g/mol. The molecule has 14 heavy (non-hydrogen) atoms. The lowest BCUT2D eigenvalue weighted by atomic mass is 10.1. The Morgan fingerprint density at radius 1 is 1.21 bits per heavy atom. The molecule has 0 aliphatic carbocycles. The number of hydroxylamine groups is 2. The summed E-state index contributed by atoms with van der Waals surface area (Å²) in [6, 6.07) is 0. The molecule has 0 unspecified atom stereocenters. The van der Waals surface area contributed by atoms with Crippen molar-refractivity contribution in [3.63, 3.8) is 0 Å². The summed E-state index contributed by atoms with van der Waals surface area (Å²) < 4.78 is 0. The Labute approximate surface area is 86.4 Å². The van der Waals surface area contributed by atoms with E-state index in [0.717, 1.165) is 13.0 Å². The zero-order valence-electron chi connectivity index (χ0n) is 9.13. The van der Waals surface area contributed by atoms with Gasteiger partial charge in [-0.3, -0.25) is 9.63 Å². The van der Waals surface area contributed by atoms with Crippen molar-refractivity contribution in [1.29, 1.82) is 0 Å². The SMILES string of the molecule is CCCCCCCCN1OCCC1=O. The fourth-order valence-corrected chi connectivity index (χ4v) is 1.66. The first-order valence-corrected chi connectivity index (χ1v) is 5.78. The predicted octanol–water partition coefficient (Wildman–Crippen LogP) is 2.51. The largest absolute Gasteiger partial charge is 0.272 e. The van der Waals surface area contributed by atoms with E-state index in [2.05, 4.69) is 6.92 Å². The van der Waals surface area contributed by atoms with Crippen LogP contribution in [0, 0.1) is 0 Å². The summed E-state index contributed by atoms with van der Waals surface area (Å²) >= 11 is 0. The number of hydrogen-bond donors (Lipinski definition) is 0. The van der Waals surface area contributed by atoms with Gasteiger partial charge in [0.25, 0.3) is 0 Å². The number of nitrogens with zero attached hydrogens (tertiary/aromatic N) is 1. The summed E-state index contributed by atoms with van der Waals surface area (Å²) in [7, 11) is 0. The average Bonchev–Trinajstić information content (AvgIpc) is 2.58. The first-order valence-electron chi connectivity index (χ1n) is 5.78. The highest BCUT2D eigenvalue weighted by Gasteiger charge is 2.20. The van der Waals surface area contributed by atoms with Crippen LogP contribution in [0.15, 0.2) is 0 Å². The van der Waals surface area contributed by atoms with Gasteiger partial charge in [0, 0.05) is 6.54 Å². The standard InChI is InChI=1S/C11H21NO2/c1-2-3-4-5-6-7-9-12-11(13)8-10-14-12/h2-10H2,1H3. The molecule has 1 fully saturated rings. The van der Waals surface area contributed by atoms with Gasteiger partial charge in [-0.05, 0) is 6.42 Å². The second kappa shape index (κ2) is 6.82. The van der Waals surface area contributed by atoms with Crippen LogP contribution in [0.3, 0.4) is 0 Å². The normalized spacial score (nSPS) is 16.6. The van der Waals surface area contributed by atoms with Crippen molar-refractivity contribution in [2.75, 3.05) is 13.2 Å². The lowest BCUT2D eigenvalue weighted by Crippen LogP contribution is -2.24. The minimum absolute atomic E-state index is 0.151. The van der Waals surface area contributed by atoms with Gasteiger partial charge >= 0.3 is 0 Å². The molecule has 1 aliphatic heterocycles. The van der Waals surface area contributed by atoms with Gasteiger partial charge in [0.05, 0.1) is 13.0 Å².